The van der Waals surface area contributed by atoms with Crippen LogP contribution in [-0.4, -0.2) is 105 Å². The van der Waals surface area contributed by atoms with Crippen molar-refractivity contribution >= 4 is 148 Å². The Labute approximate surface area is 481 Å². The lowest BCUT2D eigenvalue weighted by atomic mass is 10.1. The van der Waals surface area contributed by atoms with E-state index in [0.29, 0.717) is 59.5 Å². The summed E-state index contributed by atoms with van der Waals surface area (Å²) in [5, 5.41) is 37.9. The number of aliphatic hydroxyl groups is 1. The quantitative estimate of drug-likeness (QED) is 0.00733. The van der Waals surface area contributed by atoms with Crippen LogP contribution < -0.4 is 31.1 Å². The number of thioether (sulfide) groups is 1. The molecule has 0 fully saturated rings. The van der Waals surface area contributed by atoms with Crippen molar-refractivity contribution in [1.82, 2.24) is 24.9 Å². The van der Waals surface area contributed by atoms with Crippen molar-refractivity contribution in [3.63, 3.8) is 0 Å². The Kier molecular flexibility index (Phi) is 21.0. The third kappa shape index (κ3) is 16.5. The van der Waals surface area contributed by atoms with Crippen LogP contribution in [-0.2, 0) is 29.3 Å². The molecular weight excluding hydrogens is 1140 g/mol. The molecule has 82 heavy (non-hydrogen) atoms. The smallest absolute Gasteiger partial charge is 0.313 e. The van der Waals surface area contributed by atoms with Crippen LogP contribution in [0.15, 0.2) is 133 Å². The summed E-state index contributed by atoms with van der Waals surface area (Å²) in [5.74, 6) is -3.98. The molecule has 6 N–H and O–H groups in total. The molecule has 0 bridgehead atoms. The first-order valence-electron chi connectivity index (χ1n) is 25.0. The minimum Gasteiger partial charge on any atom is -0.396 e. The van der Waals surface area contributed by atoms with E-state index in [9.17, 15) is 46.0 Å². The third-order valence-corrected chi connectivity index (χ3v) is 14.9. The van der Waals surface area contributed by atoms with Gasteiger partial charge in [-0.1, -0.05) is 46.6 Å². The van der Waals surface area contributed by atoms with E-state index in [-0.39, 0.29) is 67.2 Å². The fraction of sp³-hybridized carbons (Fsp3) is 0.226. The van der Waals surface area contributed by atoms with Gasteiger partial charge in [0.25, 0.3) is 11.8 Å². The Hall–Kier alpha value is -8.61. The Morgan fingerprint density at radius 1 is 0.659 bits per heavy atom. The normalized spacial score (nSPS) is 12.0. The molecule has 0 atom stereocenters. The number of hydrogen-bond acceptors (Lipinski definition) is 23. The number of nitrogens with one attached hydrogen (secondary N) is 4. The molecule has 0 spiro atoms. The predicted octanol–water partition coefficient (Wildman–Crippen LogP) is 11.6. The van der Waals surface area contributed by atoms with Gasteiger partial charge in [-0.3, -0.25) is 23.7 Å². The SMILES string of the molecule is CCN(CC)c1ccc(/N=N/c2ncc(/C=C(\C(C)=O)C(=O)Nc3cccc(F)c3)s2)c(Nc2nc(Nc3cc(N(CC)CC)ccc3/N=N/c3nc(S(=O)(=O)O)c(/C=C(/C(C)=O)C(=O)Nc4cccc(F)c4)s3)nc(SCCO)n2)c1. The summed E-state index contributed by atoms with van der Waals surface area (Å²) < 4.78 is 63.1. The van der Waals surface area contributed by atoms with Crippen LogP contribution >= 0.6 is 34.4 Å². The van der Waals surface area contributed by atoms with Crippen LogP contribution in [0.2, 0.25) is 0 Å². The van der Waals surface area contributed by atoms with Gasteiger partial charge in [0.2, 0.25) is 27.2 Å². The lowest BCUT2D eigenvalue weighted by molar-refractivity contribution is -0.120. The molecule has 23 nitrogen and oxygen atoms in total. The topological polar surface area (TPSA) is 311 Å². The molecule has 0 aliphatic rings. The van der Waals surface area contributed by atoms with E-state index in [1.807, 2.05) is 39.8 Å². The molecule has 7 aromatic rings. The van der Waals surface area contributed by atoms with Gasteiger partial charge in [-0.25, -0.2) is 18.7 Å². The van der Waals surface area contributed by atoms with Gasteiger partial charge in [-0.05, 0) is 126 Å². The molecule has 426 valence electrons. The molecule has 0 unspecified atom stereocenters. The zero-order valence-electron chi connectivity index (χ0n) is 44.7. The number of ketones is 2. The number of halogens is 2. The second-order valence-corrected chi connectivity index (χ2v) is 21.5. The highest BCUT2D eigenvalue weighted by atomic mass is 32.2. The van der Waals surface area contributed by atoms with Crippen molar-refractivity contribution in [2.45, 2.75) is 51.7 Å². The fourth-order valence-electron chi connectivity index (χ4n) is 7.57. The van der Waals surface area contributed by atoms with E-state index in [1.165, 1.54) is 49.5 Å². The van der Waals surface area contributed by atoms with E-state index in [1.54, 1.807) is 24.3 Å². The highest BCUT2D eigenvalue weighted by Crippen LogP contribution is 2.38. The van der Waals surface area contributed by atoms with Gasteiger partial charge in [0, 0.05) is 60.9 Å². The van der Waals surface area contributed by atoms with Crippen LogP contribution in [0.3, 0.4) is 0 Å². The molecule has 29 heteroatoms. The average molecular weight is 1190 g/mol. The van der Waals surface area contributed by atoms with Gasteiger partial charge < -0.3 is 36.2 Å². The lowest BCUT2D eigenvalue weighted by Crippen LogP contribution is -2.21. The van der Waals surface area contributed by atoms with Crippen molar-refractivity contribution in [3.8, 4) is 0 Å². The summed E-state index contributed by atoms with van der Waals surface area (Å²) >= 11 is 2.79. The summed E-state index contributed by atoms with van der Waals surface area (Å²) in [5.41, 5.74) is 2.28. The van der Waals surface area contributed by atoms with Crippen LogP contribution in [0, 0.1) is 11.6 Å². The number of azo groups is 2. The second-order valence-electron chi connectivity index (χ2n) is 17.1. The maximum Gasteiger partial charge on any atom is 0.313 e. The highest BCUT2D eigenvalue weighted by molar-refractivity contribution is 7.99. The standard InChI is InChI=1S/C53H53F2N15O8S4/c1-7-69(8-2)36-17-19-41(65-67-51-56-29-38(80-51)27-39(30(5)72)46(74)57-34-15-11-13-32(54)23-34)43(25-36)59-49-62-50(64-52(63-49)79-22-21-71)60-44-26-37(70(9-3)10-4)18-20-42(44)66-68-53-61-48(82(76,77)78)45(81-53)28-40(31(6)73)47(75)58-35-16-12-14-33(55)24-35/h11-20,23-29,71H,7-10,21-22H2,1-6H3,(H,57,74)(H,58,75)(H,76,77,78)(H2,59,60,62,63,64)/b39-27+,40-28-,67-65+,68-66+. The van der Waals surface area contributed by atoms with E-state index >= 15 is 0 Å². The summed E-state index contributed by atoms with van der Waals surface area (Å²) in [4.78, 5) is 78.2. The minimum absolute atomic E-state index is 0.00989. The molecule has 0 saturated heterocycles. The number of carbonyl (C=O) groups excluding carboxylic acids is 4. The molecule has 0 aliphatic heterocycles. The molecule has 7 rings (SSSR count). The zero-order valence-corrected chi connectivity index (χ0v) is 48.0. The van der Waals surface area contributed by atoms with Crippen LogP contribution in [0.5, 0.6) is 0 Å². The molecule has 0 aliphatic carbocycles. The van der Waals surface area contributed by atoms with Gasteiger partial charge in [0.15, 0.2) is 16.7 Å². The molecule has 3 heterocycles. The summed E-state index contributed by atoms with van der Waals surface area (Å²) in [6.07, 6.45) is 3.72. The largest absolute Gasteiger partial charge is 0.396 e. The van der Waals surface area contributed by atoms with E-state index in [2.05, 4.69) is 71.5 Å². The maximum atomic E-state index is 13.9. The van der Waals surface area contributed by atoms with Crippen LogP contribution in [0.25, 0.3) is 12.2 Å². The first-order valence-corrected chi connectivity index (χ1v) is 29.0. The Balaban J connectivity index is 1.23. The van der Waals surface area contributed by atoms with E-state index in [0.717, 1.165) is 65.7 Å². The minimum atomic E-state index is -5.06. The number of aliphatic hydroxyl groups excluding tert-OH is 1. The lowest BCUT2D eigenvalue weighted by Gasteiger charge is -2.22. The number of benzene rings is 4. The zero-order chi connectivity index (χ0) is 59.1. The van der Waals surface area contributed by atoms with Crippen molar-refractivity contribution in [2.75, 3.05) is 69.6 Å². The molecule has 4 aromatic carbocycles. The van der Waals surface area contributed by atoms with Gasteiger partial charge >= 0.3 is 10.1 Å². The Bertz CT molecular complexity index is 3750. The van der Waals surface area contributed by atoms with Gasteiger partial charge in [-0.2, -0.15) is 23.4 Å². The average Bonchev–Trinajstić information content (AvgIpc) is 4.27. The van der Waals surface area contributed by atoms with Gasteiger partial charge in [0.1, 0.15) is 23.0 Å². The number of carbonyl (C=O) groups is 4. The summed E-state index contributed by atoms with van der Waals surface area (Å²) in [7, 11) is -5.06. The second kappa shape index (κ2) is 28.2. The van der Waals surface area contributed by atoms with Crippen molar-refractivity contribution in [1.29, 1.82) is 0 Å². The van der Waals surface area contributed by atoms with E-state index < -0.39 is 55.7 Å². The number of Topliss-reactive ketones (excluding diaryl/α,β-unsaturated/α-hetero) is 2. The van der Waals surface area contributed by atoms with Gasteiger partial charge in [0.05, 0.1) is 38.9 Å². The fourth-order valence-corrected chi connectivity index (χ4v) is 10.6. The Morgan fingerprint density at radius 2 is 1.16 bits per heavy atom. The van der Waals surface area contributed by atoms with Crippen LogP contribution in [0.1, 0.15) is 51.3 Å². The van der Waals surface area contributed by atoms with Gasteiger partial charge in [-0.15, -0.1) is 20.5 Å². The number of aromatic nitrogens is 5. The molecule has 2 amide bonds. The first-order chi connectivity index (χ1) is 39.3. The number of anilines is 8. The maximum absolute atomic E-state index is 13.9. The molecule has 0 saturated carbocycles. The molecule has 3 aromatic heterocycles. The molecule has 0 radical (unpaired) electrons. The van der Waals surface area contributed by atoms with Crippen molar-refractivity contribution in [2.24, 2.45) is 20.5 Å². The summed E-state index contributed by atoms with van der Waals surface area (Å²) in [6.45, 7) is 12.7. The number of hydrogen-bond donors (Lipinski definition) is 6. The summed E-state index contributed by atoms with van der Waals surface area (Å²) in [6, 6.07) is 20.8. The number of thiazole rings is 2. The van der Waals surface area contributed by atoms with E-state index in [4.69, 9.17) is 4.98 Å². The van der Waals surface area contributed by atoms with Crippen molar-refractivity contribution < 1.29 is 46.0 Å². The molecular formula is C53H53F2N15O8S4. The van der Waals surface area contributed by atoms with Crippen molar-refractivity contribution in [3.05, 3.63) is 124 Å². The first kappa shape index (κ1) is 61.0. The number of nitrogens with zero attached hydrogens (tertiary/aromatic N) is 11. The predicted molar refractivity (Wildman–Crippen MR) is 314 cm³/mol. The Morgan fingerprint density at radius 3 is 1.62 bits per heavy atom. The van der Waals surface area contributed by atoms with Crippen LogP contribution in [0.4, 0.5) is 76.4 Å². The number of rotatable bonds is 26. The monoisotopic (exact) mass is 1190 g/mol. The number of amides is 2. The third-order valence-electron chi connectivity index (χ3n) is 11.5. The highest BCUT2D eigenvalue weighted by Gasteiger charge is 2.25.